The lowest BCUT2D eigenvalue weighted by atomic mass is 10.2. The number of hydrogen-bond acceptors (Lipinski definition) is 3. The van der Waals surface area contributed by atoms with Gasteiger partial charge in [-0.1, -0.05) is 11.6 Å². The Morgan fingerprint density at radius 3 is 2.36 bits per heavy atom. The van der Waals surface area contributed by atoms with E-state index in [1.807, 2.05) is 0 Å². The van der Waals surface area contributed by atoms with Gasteiger partial charge >= 0.3 is 11.9 Å². The van der Waals surface area contributed by atoms with Crippen LogP contribution in [0.25, 0.3) is 0 Å². The van der Waals surface area contributed by atoms with Crippen LogP contribution >= 0.6 is 11.6 Å². The lowest BCUT2D eigenvalue weighted by Crippen LogP contribution is -2.11. The molecule has 1 aromatic rings. The smallest absolute Gasteiger partial charge is 0.355 e. The number of carbonyl (C=O) groups is 2. The number of hydrogen-bond donors (Lipinski definition) is 2. The van der Waals surface area contributed by atoms with Crippen molar-refractivity contribution < 1.29 is 19.8 Å². The van der Waals surface area contributed by atoms with Gasteiger partial charge in [0.1, 0.15) is 0 Å². The molecule has 0 saturated heterocycles. The number of carboxylic acids is 2. The van der Waals surface area contributed by atoms with Crippen LogP contribution in [0.5, 0.6) is 0 Å². The molecule has 0 aliphatic carbocycles. The average molecular weight is 216 g/mol. The van der Waals surface area contributed by atoms with Crippen molar-refractivity contribution in [3.05, 3.63) is 28.0 Å². The van der Waals surface area contributed by atoms with Crippen molar-refractivity contribution in [1.82, 2.24) is 4.98 Å². The van der Waals surface area contributed by atoms with E-state index >= 15 is 0 Å². The number of pyridine rings is 1. The number of rotatable bonds is 2. The highest BCUT2D eigenvalue weighted by Crippen LogP contribution is 2.17. The minimum atomic E-state index is -1.39. The van der Waals surface area contributed by atoms with Crippen LogP contribution in [-0.2, 0) is 0 Å². The van der Waals surface area contributed by atoms with Crippen LogP contribution in [0.4, 0.5) is 0 Å². The molecule has 74 valence electrons. The fourth-order valence-electron chi connectivity index (χ4n) is 0.907. The average Bonchev–Trinajstić information content (AvgIpc) is 2.08. The minimum Gasteiger partial charge on any atom is -0.478 e. The number of aromatic nitrogens is 1. The van der Waals surface area contributed by atoms with Gasteiger partial charge in [-0.05, 0) is 13.0 Å². The molecule has 0 amide bonds. The van der Waals surface area contributed by atoms with E-state index in [0.717, 1.165) is 6.07 Å². The number of aromatic carboxylic acids is 2. The monoisotopic (exact) mass is 215 g/mol. The highest BCUT2D eigenvalue weighted by molar-refractivity contribution is 6.31. The molecule has 0 aliphatic heterocycles. The number of nitrogens with zero attached hydrogens (tertiary/aromatic N) is 1. The third-order valence-corrected chi connectivity index (χ3v) is 1.97. The van der Waals surface area contributed by atoms with Gasteiger partial charge < -0.3 is 10.2 Å². The Kier molecular flexibility index (Phi) is 2.71. The highest BCUT2D eigenvalue weighted by atomic mass is 35.5. The summed E-state index contributed by atoms with van der Waals surface area (Å²) in [6, 6.07) is 1.08. The summed E-state index contributed by atoms with van der Waals surface area (Å²) in [7, 11) is 0. The van der Waals surface area contributed by atoms with Gasteiger partial charge in [-0.3, -0.25) is 0 Å². The first-order valence-corrected chi connectivity index (χ1v) is 3.95. The van der Waals surface area contributed by atoms with Gasteiger partial charge in [-0.25, -0.2) is 14.6 Å². The van der Waals surface area contributed by atoms with E-state index in [9.17, 15) is 9.59 Å². The van der Waals surface area contributed by atoms with Crippen molar-refractivity contribution in [3.8, 4) is 0 Å². The Balaban J connectivity index is 3.46. The predicted molar refractivity (Wildman–Crippen MR) is 47.9 cm³/mol. The van der Waals surface area contributed by atoms with Gasteiger partial charge in [-0.15, -0.1) is 0 Å². The van der Waals surface area contributed by atoms with Crippen LogP contribution in [0.15, 0.2) is 6.07 Å². The van der Waals surface area contributed by atoms with Crippen LogP contribution in [0, 0.1) is 6.92 Å². The summed E-state index contributed by atoms with van der Waals surface area (Å²) in [5, 5.41) is 17.5. The van der Waals surface area contributed by atoms with Gasteiger partial charge in [0.15, 0.2) is 5.69 Å². The lowest BCUT2D eigenvalue weighted by Gasteiger charge is -2.03. The molecule has 0 saturated carbocycles. The first-order chi connectivity index (χ1) is 6.43. The molecule has 0 unspecified atom stereocenters. The zero-order chi connectivity index (χ0) is 10.9. The van der Waals surface area contributed by atoms with E-state index < -0.39 is 23.2 Å². The Morgan fingerprint density at radius 2 is 1.93 bits per heavy atom. The molecule has 0 atom stereocenters. The Bertz CT molecular complexity index is 377. The predicted octanol–water partition coefficient (Wildman–Crippen LogP) is 1.44. The molecule has 0 aromatic carbocycles. The third-order valence-electron chi connectivity index (χ3n) is 1.58. The minimum absolute atomic E-state index is 0.132. The second-order valence-electron chi connectivity index (χ2n) is 2.56. The molecule has 14 heavy (non-hydrogen) atoms. The molecular weight excluding hydrogens is 210 g/mol. The van der Waals surface area contributed by atoms with Crippen molar-refractivity contribution in [3.63, 3.8) is 0 Å². The van der Waals surface area contributed by atoms with Crippen molar-refractivity contribution in [2.75, 3.05) is 0 Å². The highest BCUT2D eigenvalue weighted by Gasteiger charge is 2.19. The molecule has 1 heterocycles. The van der Waals surface area contributed by atoms with Crippen molar-refractivity contribution in [2.45, 2.75) is 6.92 Å². The summed E-state index contributed by atoms with van der Waals surface area (Å²) in [6.45, 7) is 1.50. The maximum atomic E-state index is 10.6. The normalized spacial score (nSPS) is 9.86. The largest absolute Gasteiger partial charge is 0.478 e. The molecule has 2 N–H and O–H groups in total. The van der Waals surface area contributed by atoms with E-state index in [1.165, 1.54) is 6.92 Å². The number of carboxylic acid groups (broad SMARTS) is 2. The van der Waals surface area contributed by atoms with Crippen LogP contribution in [0.1, 0.15) is 26.5 Å². The standard InChI is InChI=1S/C8H6ClNO4/c1-3-5(9)2-4(7(11)12)6(10-3)8(13)14/h2H,1H3,(H,11,12)(H,13,14). The summed E-state index contributed by atoms with van der Waals surface area (Å²) < 4.78 is 0. The molecule has 0 fully saturated rings. The maximum absolute atomic E-state index is 10.6. The molecule has 0 aliphatic rings. The van der Waals surface area contributed by atoms with E-state index in [-0.39, 0.29) is 10.7 Å². The quantitative estimate of drug-likeness (QED) is 0.779. The van der Waals surface area contributed by atoms with E-state index in [2.05, 4.69) is 4.98 Å². The fourth-order valence-corrected chi connectivity index (χ4v) is 1.06. The van der Waals surface area contributed by atoms with Gasteiger partial charge in [-0.2, -0.15) is 0 Å². The topological polar surface area (TPSA) is 87.5 Å². The number of halogens is 1. The summed E-state index contributed by atoms with van der Waals surface area (Å²) in [5.41, 5.74) is -0.624. The molecule has 0 bridgehead atoms. The molecule has 0 radical (unpaired) electrons. The van der Waals surface area contributed by atoms with E-state index in [4.69, 9.17) is 21.8 Å². The number of aryl methyl sites for hydroxylation is 1. The van der Waals surface area contributed by atoms with Gasteiger partial charge in [0.25, 0.3) is 0 Å². The van der Waals surface area contributed by atoms with Gasteiger partial charge in [0, 0.05) is 0 Å². The van der Waals surface area contributed by atoms with E-state index in [1.54, 1.807) is 0 Å². The molecular formula is C8H6ClNO4. The Hall–Kier alpha value is -1.62. The molecule has 6 heteroatoms. The third kappa shape index (κ3) is 1.82. The second-order valence-corrected chi connectivity index (χ2v) is 2.97. The zero-order valence-corrected chi connectivity index (χ0v) is 7.87. The molecule has 1 aromatic heterocycles. The summed E-state index contributed by atoms with van der Waals surface area (Å²) >= 11 is 5.62. The van der Waals surface area contributed by atoms with Crippen LogP contribution in [0.3, 0.4) is 0 Å². The summed E-state index contributed by atoms with van der Waals surface area (Å²) in [5.74, 6) is -2.75. The first kappa shape index (κ1) is 10.5. The van der Waals surface area contributed by atoms with Crippen LogP contribution < -0.4 is 0 Å². The maximum Gasteiger partial charge on any atom is 0.355 e. The Labute approximate surface area is 84.0 Å². The summed E-state index contributed by atoms with van der Waals surface area (Å²) in [6.07, 6.45) is 0. The summed E-state index contributed by atoms with van der Waals surface area (Å²) in [4.78, 5) is 24.8. The SMILES string of the molecule is Cc1nc(C(=O)O)c(C(=O)O)cc1Cl. The fraction of sp³-hybridized carbons (Fsp3) is 0.125. The Morgan fingerprint density at radius 1 is 1.36 bits per heavy atom. The van der Waals surface area contributed by atoms with Crippen LogP contribution in [-0.4, -0.2) is 27.1 Å². The van der Waals surface area contributed by atoms with Gasteiger partial charge in [0.05, 0.1) is 16.3 Å². The van der Waals surface area contributed by atoms with Gasteiger partial charge in [0.2, 0.25) is 0 Å². The van der Waals surface area contributed by atoms with Crippen molar-refractivity contribution >= 4 is 23.5 Å². The lowest BCUT2D eigenvalue weighted by molar-refractivity contribution is 0.0646. The second kappa shape index (κ2) is 3.63. The van der Waals surface area contributed by atoms with Crippen LogP contribution in [0.2, 0.25) is 5.02 Å². The molecule has 1 rings (SSSR count). The first-order valence-electron chi connectivity index (χ1n) is 3.57. The zero-order valence-electron chi connectivity index (χ0n) is 7.11. The molecule has 5 nitrogen and oxygen atoms in total. The van der Waals surface area contributed by atoms with Crippen molar-refractivity contribution in [1.29, 1.82) is 0 Å². The molecule has 0 spiro atoms. The van der Waals surface area contributed by atoms with E-state index in [0.29, 0.717) is 0 Å². The van der Waals surface area contributed by atoms with Crippen molar-refractivity contribution in [2.24, 2.45) is 0 Å².